The smallest absolute Gasteiger partial charge is 0.331 e. The Morgan fingerprint density at radius 2 is 1.94 bits per heavy atom. The summed E-state index contributed by atoms with van der Waals surface area (Å²) in [5.41, 5.74) is -0.123. The van der Waals surface area contributed by atoms with Gasteiger partial charge in [0.1, 0.15) is 11.4 Å². The molecule has 94 valence electrons. The Morgan fingerprint density at radius 3 is 2.29 bits per heavy atom. The first kappa shape index (κ1) is 13.4. The summed E-state index contributed by atoms with van der Waals surface area (Å²) in [5.74, 6) is -0.762. The SMILES string of the molecule is CC(C(=O)O)=C(C)C1=NC(C)(C(C)C)C(=O)N1. The number of carbonyl (C=O) groups is 2. The molecule has 1 rings (SSSR count). The summed E-state index contributed by atoms with van der Waals surface area (Å²) in [6.07, 6.45) is 0. The average Bonchev–Trinajstić information content (AvgIpc) is 2.54. The van der Waals surface area contributed by atoms with Crippen molar-refractivity contribution in [1.82, 2.24) is 5.32 Å². The fraction of sp³-hybridized carbons (Fsp3) is 0.583. The van der Waals surface area contributed by atoms with Gasteiger partial charge < -0.3 is 10.4 Å². The molecule has 2 N–H and O–H groups in total. The number of carboxylic acid groups (broad SMARTS) is 1. The van der Waals surface area contributed by atoms with Crippen molar-refractivity contribution < 1.29 is 14.7 Å². The third-order valence-electron chi connectivity index (χ3n) is 3.40. The Kier molecular flexibility index (Phi) is 3.40. The molecule has 0 aromatic rings. The summed E-state index contributed by atoms with van der Waals surface area (Å²) in [6.45, 7) is 8.72. The lowest BCUT2D eigenvalue weighted by molar-refractivity contribution is -0.132. The Bertz CT molecular complexity index is 435. The number of carbonyl (C=O) groups excluding carboxylic acids is 1. The molecule has 0 spiro atoms. The third-order valence-corrected chi connectivity index (χ3v) is 3.40. The predicted molar refractivity (Wildman–Crippen MR) is 64.8 cm³/mol. The van der Waals surface area contributed by atoms with Crippen LogP contribution in [-0.4, -0.2) is 28.4 Å². The van der Waals surface area contributed by atoms with E-state index in [0.717, 1.165) is 0 Å². The van der Waals surface area contributed by atoms with Crippen molar-refractivity contribution in [3.05, 3.63) is 11.1 Å². The molecule has 0 saturated heterocycles. The van der Waals surface area contributed by atoms with Gasteiger partial charge in [-0.05, 0) is 26.7 Å². The van der Waals surface area contributed by atoms with Crippen molar-refractivity contribution in [2.75, 3.05) is 0 Å². The van der Waals surface area contributed by atoms with Gasteiger partial charge in [-0.15, -0.1) is 0 Å². The molecule has 0 radical (unpaired) electrons. The minimum Gasteiger partial charge on any atom is -0.478 e. The lowest BCUT2D eigenvalue weighted by atomic mass is 9.89. The number of aliphatic carboxylic acids is 1. The maximum absolute atomic E-state index is 11.8. The molecule has 1 atom stereocenters. The molecule has 0 aliphatic carbocycles. The summed E-state index contributed by atoms with van der Waals surface area (Å²) in [4.78, 5) is 27.0. The van der Waals surface area contributed by atoms with E-state index in [1.807, 2.05) is 13.8 Å². The van der Waals surface area contributed by atoms with Crippen LogP contribution >= 0.6 is 0 Å². The number of aliphatic imine (C=N–C) groups is 1. The molecule has 1 heterocycles. The van der Waals surface area contributed by atoms with Crippen molar-refractivity contribution in [3.63, 3.8) is 0 Å². The summed E-state index contributed by atoms with van der Waals surface area (Å²) in [5, 5.41) is 11.5. The molecule has 0 aromatic heterocycles. The number of rotatable bonds is 3. The minimum atomic E-state index is -1.00. The zero-order valence-electron chi connectivity index (χ0n) is 10.8. The number of nitrogens with zero attached hydrogens (tertiary/aromatic N) is 1. The molecular formula is C12H18N2O3. The molecule has 1 unspecified atom stereocenters. The number of carboxylic acids is 1. The van der Waals surface area contributed by atoms with Gasteiger partial charge >= 0.3 is 5.97 Å². The van der Waals surface area contributed by atoms with Crippen molar-refractivity contribution in [1.29, 1.82) is 0 Å². The zero-order chi connectivity index (χ0) is 13.4. The summed E-state index contributed by atoms with van der Waals surface area (Å²) < 4.78 is 0. The number of amidine groups is 1. The Hall–Kier alpha value is -1.65. The van der Waals surface area contributed by atoms with E-state index in [1.54, 1.807) is 13.8 Å². The van der Waals surface area contributed by atoms with E-state index in [0.29, 0.717) is 11.4 Å². The first-order valence-corrected chi connectivity index (χ1v) is 5.52. The van der Waals surface area contributed by atoms with Crippen LogP contribution in [0.15, 0.2) is 16.1 Å². The fourth-order valence-corrected chi connectivity index (χ4v) is 1.45. The van der Waals surface area contributed by atoms with E-state index in [4.69, 9.17) is 5.11 Å². The molecule has 17 heavy (non-hydrogen) atoms. The second-order valence-electron chi connectivity index (χ2n) is 4.77. The van der Waals surface area contributed by atoms with E-state index in [-0.39, 0.29) is 17.4 Å². The van der Waals surface area contributed by atoms with Gasteiger partial charge in [0.05, 0.1) is 0 Å². The van der Waals surface area contributed by atoms with E-state index >= 15 is 0 Å². The van der Waals surface area contributed by atoms with Crippen LogP contribution in [0.3, 0.4) is 0 Å². The van der Waals surface area contributed by atoms with Crippen LogP contribution in [-0.2, 0) is 9.59 Å². The second kappa shape index (κ2) is 4.31. The van der Waals surface area contributed by atoms with Crippen LogP contribution < -0.4 is 5.32 Å². The van der Waals surface area contributed by atoms with Crippen LogP contribution in [0.5, 0.6) is 0 Å². The third kappa shape index (κ3) is 2.23. The van der Waals surface area contributed by atoms with Gasteiger partial charge in [-0.1, -0.05) is 13.8 Å². The summed E-state index contributed by atoms with van der Waals surface area (Å²) >= 11 is 0. The summed E-state index contributed by atoms with van der Waals surface area (Å²) in [6, 6.07) is 0. The molecule has 5 nitrogen and oxygen atoms in total. The minimum absolute atomic E-state index is 0.0536. The lowest BCUT2D eigenvalue weighted by Gasteiger charge is -2.21. The second-order valence-corrected chi connectivity index (χ2v) is 4.77. The van der Waals surface area contributed by atoms with Gasteiger partial charge in [0.15, 0.2) is 0 Å². The normalized spacial score (nSPS) is 25.5. The highest BCUT2D eigenvalue weighted by molar-refractivity contribution is 6.16. The van der Waals surface area contributed by atoms with Gasteiger partial charge in [-0.2, -0.15) is 0 Å². The largest absolute Gasteiger partial charge is 0.478 e. The maximum atomic E-state index is 11.8. The quantitative estimate of drug-likeness (QED) is 0.728. The molecule has 1 aliphatic heterocycles. The van der Waals surface area contributed by atoms with Crippen molar-refractivity contribution in [2.24, 2.45) is 10.9 Å². The monoisotopic (exact) mass is 238 g/mol. The molecular weight excluding hydrogens is 220 g/mol. The van der Waals surface area contributed by atoms with Crippen LogP contribution in [0, 0.1) is 5.92 Å². The van der Waals surface area contributed by atoms with Gasteiger partial charge in [-0.25, -0.2) is 4.79 Å². The number of hydrogen-bond donors (Lipinski definition) is 2. The fourth-order valence-electron chi connectivity index (χ4n) is 1.45. The van der Waals surface area contributed by atoms with Crippen molar-refractivity contribution in [2.45, 2.75) is 40.2 Å². The number of amides is 1. The van der Waals surface area contributed by atoms with E-state index in [2.05, 4.69) is 10.3 Å². The summed E-state index contributed by atoms with van der Waals surface area (Å²) in [7, 11) is 0. The van der Waals surface area contributed by atoms with Gasteiger partial charge in [0, 0.05) is 11.1 Å². The molecule has 0 aromatic carbocycles. The van der Waals surface area contributed by atoms with Crippen LogP contribution in [0.2, 0.25) is 0 Å². The van der Waals surface area contributed by atoms with E-state index < -0.39 is 11.5 Å². The highest BCUT2D eigenvalue weighted by atomic mass is 16.4. The van der Waals surface area contributed by atoms with Crippen LogP contribution in [0.4, 0.5) is 0 Å². The highest BCUT2D eigenvalue weighted by Crippen LogP contribution is 2.27. The average molecular weight is 238 g/mol. The molecule has 0 bridgehead atoms. The standard InChI is InChI=1S/C12H18N2O3/c1-6(2)12(5)11(17)13-9(14-12)7(3)8(4)10(15)16/h6H,1-5H3,(H,15,16)(H,13,14,17). The van der Waals surface area contributed by atoms with Crippen molar-refractivity contribution in [3.8, 4) is 0 Å². The topological polar surface area (TPSA) is 78.8 Å². The predicted octanol–water partition coefficient (Wildman–Crippen LogP) is 1.35. The number of nitrogens with one attached hydrogen (secondary N) is 1. The Labute approximate surface area is 101 Å². The highest BCUT2D eigenvalue weighted by Gasteiger charge is 2.42. The van der Waals surface area contributed by atoms with Crippen LogP contribution in [0.25, 0.3) is 0 Å². The van der Waals surface area contributed by atoms with Crippen LogP contribution in [0.1, 0.15) is 34.6 Å². The Balaban J connectivity index is 3.17. The maximum Gasteiger partial charge on any atom is 0.331 e. The van der Waals surface area contributed by atoms with Gasteiger partial charge in [0.25, 0.3) is 5.91 Å². The molecule has 0 saturated carbocycles. The first-order valence-electron chi connectivity index (χ1n) is 5.52. The van der Waals surface area contributed by atoms with Gasteiger partial charge in [-0.3, -0.25) is 9.79 Å². The zero-order valence-corrected chi connectivity index (χ0v) is 10.8. The molecule has 1 amide bonds. The van der Waals surface area contributed by atoms with E-state index in [1.165, 1.54) is 6.92 Å². The number of hydrogen-bond acceptors (Lipinski definition) is 3. The lowest BCUT2D eigenvalue weighted by Crippen LogP contribution is -2.41. The first-order chi connectivity index (χ1) is 7.70. The van der Waals surface area contributed by atoms with E-state index in [9.17, 15) is 9.59 Å². The molecule has 1 aliphatic rings. The molecule has 0 fully saturated rings. The van der Waals surface area contributed by atoms with Gasteiger partial charge in [0.2, 0.25) is 0 Å². The van der Waals surface area contributed by atoms with Crippen molar-refractivity contribution >= 4 is 17.7 Å². The molecule has 5 heteroatoms. The Morgan fingerprint density at radius 1 is 1.41 bits per heavy atom.